The second-order valence-electron chi connectivity index (χ2n) is 4.92. The minimum Gasteiger partial charge on any atom is -0.397 e. The van der Waals surface area contributed by atoms with E-state index in [4.69, 9.17) is 5.73 Å². The Morgan fingerprint density at radius 3 is 3.11 bits per heavy atom. The van der Waals surface area contributed by atoms with E-state index in [9.17, 15) is 4.79 Å². The number of nitrogens with one attached hydrogen (secondary N) is 3. The third kappa shape index (κ3) is 2.78. The Kier molecular flexibility index (Phi) is 2.98. The molecule has 0 atom stereocenters. The topological polar surface area (TPSA) is 95.8 Å². The molecule has 0 spiro atoms. The van der Waals surface area contributed by atoms with E-state index in [0.29, 0.717) is 24.7 Å². The number of aromatic amines is 1. The number of benzene rings is 1. The number of fused-ring (bicyclic) bond motifs is 1. The van der Waals surface area contributed by atoms with Crippen LogP contribution < -0.4 is 16.4 Å². The molecular weight excluding hydrogens is 242 g/mol. The van der Waals surface area contributed by atoms with Crippen LogP contribution in [0.2, 0.25) is 0 Å². The normalized spacial score (nSPS) is 14.5. The zero-order valence-electron chi connectivity index (χ0n) is 10.6. The molecule has 1 aliphatic rings. The third-order valence-electron chi connectivity index (χ3n) is 3.22. The van der Waals surface area contributed by atoms with Crippen LogP contribution in [-0.4, -0.2) is 28.7 Å². The number of aromatic nitrogens is 2. The second-order valence-corrected chi connectivity index (χ2v) is 4.92. The van der Waals surface area contributed by atoms with Gasteiger partial charge in [-0.25, -0.2) is 0 Å². The van der Waals surface area contributed by atoms with Crippen molar-refractivity contribution in [2.45, 2.75) is 25.3 Å². The van der Waals surface area contributed by atoms with Gasteiger partial charge in [-0.05, 0) is 25.0 Å². The van der Waals surface area contributed by atoms with Gasteiger partial charge in [-0.2, -0.15) is 5.10 Å². The lowest BCUT2D eigenvalue weighted by Crippen LogP contribution is -2.27. The number of hydrogen-bond acceptors (Lipinski definition) is 4. The van der Waals surface area contributed by atoms with E-state index in [-0.39, 0.29) is 5.91 Å². The Morgan fingerprint density at radius 1 is 1.47 bits per heavy atom. The third-order valence-corrected chi connectivity index (χ3v) is 3.22. The van der Waals surface area contributed by atoms with Crippen molar-refractivity contribution in [3.63, 3.8) is 0 Å². The van der Waals surface area contributed by atoms with E-state index in [1.54, 1.807) is 6.20 Å². The van der Waals surface area contributed by atoms with Crippen LogP contribution in [0.3, 0.4) is 0 Å². The molecule has 5 N–H and O–H groups in total. The first-order valence-corrected chi connectivity index (χ1v) is 6.48. The average molecular weight is 259 g/mol. The number of carbonyl (C=O) groups excluding carboxylic acids is 1. The van der Waals surface area contributed by atoms with E-state index in [1.807, 2.05) is 12.1 Å². The zero-order valence-corrected chi connectivity index (χ0v) is 10.6. The molecular formula is C13H17N5O. The van der Waals surface area contributed by atoms with Crippen molar-refractivity contribution in [2.75, 3.05) is 17.6 Å². The molecule has 100 valence electrons. The van der Waals surface area contributed by atoms with Gasteiger partial charge >= 0.3 is 0 Å². The number of nitrogens with zero attached hydrogens (tertiary/aromatic N) is 1. The Hall–Kier alpha value is -2.24. The lowest BCUT2D eigenvalue weighted by molar-refractivity contribution is -0.120. The number of rotatable bonds is 5. The highest BCUT2D eigenvalue weighted by Gasteiger charge is 2.22. The maximum atomic E-state index is 11.5. The minimum absolute atomic E-state index is 0.0937. The van der Waals surface area contributed by atoms with Crippen molar-refractivity contribution in [3.8, 4) is 0 Å². The van der Waals surface area contributed by atoms with Gasteiger partial charge in [0.2, 0.25) is 5.91 Å². The Morgan fingerprint density at radius 2 is 2.32 bits per heavy atom. The number of carbonyl (C=O) groups is 1. The summed E-state index contributed by atoms with van der Waals surface area (Å²) >= 11 is 0. The molecule has 3 rings (SSSR count). The molecule has 2 aromatic rings. The van der Waals surface area contributed by atoms with Crippen molar-refractivity contribution in [1.29, 1.82) is 0 Å². The van der Waals surface area contributed by atoms with Gasteiger partial charge in [0.15, 0.2) is 0 Å². The molecule has 1 fully saturated rings. The average Bonchev–Trinajstić information content (AvgIpc) is 3.06. The van der Waals surface area contributed by atoms with Crippen molar-refractivity contribution >= 4 is 28.2 Å². The molecule has 1 amide bonds. The largest absolute Gasteiger partial charge is 0.397 e. The summed E-state index contributed by atoms with van der Waals surface area (Å²) in [6, 6.07) is 4.20. The van der Waals surface area contributed by atoms with Gasteiger partial charge in [0.05, 0.1) is 23.1 Å². The Balaban J connectivity index is 1.57. The molecule has 6 nitrogen and oxygen atoms in total. The van der Waals surface area contributed by atoms with Crippen LogP contribution in [0.1, 0.15) is 19.3 Å². The van der Waals surface area contributed by atoms with Crippen LogP contribution in [0, 0.1) is 0 Å². The van der Waals surface area contributed by atoms with Gasteiger partial charge in [0, 0.05) is 24.4 Å². The molecule has 1 aromatic heterocycles. The highest BCUT2D eigenvalue weighted by atomic mass is 16.1. The number of hydrogen-bond donors (Lipinski definition) is 4. The summed E-state index contributed by atoms with van der Waals surface area (Å²) in [6.07, 6.45) is 4.42. The van der Waals surface area contributed by atoms with E-state index >= 15 is 0 Å². The highest BCUT2D eigenvalue weighted by Crippen LogP contribution is 2.24. The number of nitrogens with two attached hydrogens (primary N) is 1. The summed E-state index contributed by atoms with van der Waals surface area (Å²) in [6.45, 7) is 0.572. The van der Waals surface area contributed by atoms with Crippen LogP contribution in [-0.2, 0) is 4.79 Å². The van der Waals surface area contributed by atoms with Gasteiger partial charge < -0.3 is 16.4 Å². The van der Waals surface area contributed by atoms with Crippen LogP contribution in [0.4, 0.5) is 11.4 Å². The number of anilines is 2. The molecule has 1 saturated carbocycles. The maximum absolute atomic E-state index is 11.5. The molecule has 0 bridgehead atoms. The molecule has 6 heteroatoms. The number of amides is 1. The first-order valence-electron chi connectivity index (χ1n) is 6.48. The standard InChI is InChI=1S/C13H17N5O/c14-10-5-8-7-16-18-11(8)6-12(10)15-4-3-13(19)17-9-1-2-9/h5-7,9,15H,1-4,14H2,(H,16,18)(H,17,19). The lowest BCUT2D eigenvalue weighted by Gasteiger charge is -2.09. The van der Waals surface area contributed by atoms with Crippen LogP contribution in [0.25, 0.3) is 10.9 Å². The fourth-order valence-electron chi connectivity index (χ4n) is 2.00. The predicted molar refractivity (Wildman–Crippen MR) is 74.8 cm³/mol. The van der Waals surface area contributed by atoms with Gasteiger partial charge in [-0.15, -0.1) is 0 Å². The van der Waals surface area contributed by atoms with E-state index in [1.165, 1.54) is 0 Å². The smallest absolute Gasteiger partial charge is 0.221 e. The molecule has 0 saturated heterocycles. The monoisotopic (exact) mass is 259 g/mol. The van der Waals surface area contributed by atoms with Crippen molar-refractivity contribution < 1.29 is 4.79 Å². The summed E-state index contributed by atoms with van der Waals surface area (Å²) in [4.78, 5) is 11.5. The van der Waals surface area contributed by atoms with Gasteiger partial charge in [-0.3, -0.25) is 9.89 Å². The fraction of sp³-hybridized carbons (Fsp3) is 0.385. The molecule has 0 radical (unpaired) electrons. The van der Waals surface area contributed by atoms with Crippen LogP contribution >= 0.6 is 0 Å². The fourth-order valence-corrected chi connectivity index (χ4v) is 2.00. The van der Waals surface area contributed by atoms with Gasteiger partial charge in [-0.1, -0.05) is 0 Å². The molecule has 1 aromatic carbocycles. The predicted octanol–water partition coefficient (Wildman–Crippen LogP) is 1.23. The first kappa shape index (κ1) is 11.8. The lowest BCUT2D eigenvalue weighted by atomic mass is 10.2. The number of nitrogen functional groups attached to an aromatic ring is 1. The summed E-state index contributed by atoms with van der Waals surface area (Å²) < 4.78 is 0. The highest BCUT2D eigenvalue weighted by molar-refractivity contribution is 5.88. The minimum atomic E-state index is 0.0937. The van der Waals surface area contributed by atoms with Gasteiger partial charge in [0.1, 0.15) is 0 Å². The van der Waals surface area contributed by atoms with E-state index < -0.39 is 0 Å². The van der Waals surface area contributed by atoms with Gasteiger partial charge in [0.25, 0.3) is 0 Å². The van der Waals surface area contributed by atoms with Crippen LogP contribution in [0.15, 0.2) is 18.3 Å². The summed E-state index contributed by atoms with van der Waals surface area (Å²) in [5.41, 5.74) is 8.37. The number of H-pyrrole nitrogens is 1. The molecule has 19 heavy (non-hydrogen) atoms. The van der Waals surface area contributed by atoms with Crippen molar-refractivity contribution in [1.82, 2.24) is 15.5 Å². The molecule has 0 aliphatic heterocycles. The maximum Gasteiger partial charge on any atom is 0.221 e. The molecule has 0 unspecified atom stereocenters. The SMILES string of the molecule is Nc1cc2cn[nH]c2cc1NCCC(=O)NC1CC1. The molecule has 1 heterocycles. The quantitative estimate of drug-likeness (QED) is 0.607. The second kappa shape index (κ2) is 4.79. The van der Waals surface area contributed by atoms with E-state index in [2.05, 4.69) is 20.8 Å². The Bertz CT molecular complexity index is 602. The van der Waals surface area contributed by atoms with Crippen molar-refractivity contribution in [3.05, 3.63) is 18.3 Å². The van der Waals surface area contributed by atoms with Crippen LogP contribution in [0.5, 0.6) is 0 Å². The summed E-state index contributed by atoms with van der Waals surface area (Å²) in [7, 11) is 0. The van der Waals surface area contributed by atoms with E-state index in [0.717, 1.165) is 29.4 Å². The first-order chi connectivity index (χ1) is 9.22. The molecule has 1 aliphatic carbocycles. The summed E-state index contributed by atoms with van der Waals surface area (Å²) in [5, 5.41) is 14.0. The Labute approximate surface area is 110 Å². The summed E-state index contributed by atoms with van der Waals surface area (Å²) in [5.74, 6) is 0.0937. The van der Waals surface area contributed by atoms with Crippen molar-refractivity contribution in [2.24, 2.45) is 0 Å². The zero-order chi connectivity index (χ0) is 13.2.